The predicted octanol–water partition coefficient (Wildman–Crippen LogP) is 3.32. The molecule has 0 bridgehead atoms. The molecule has 6 heteroatoms. The van der Waals surface area contributed by atoms with Crippen molar-refractivity contribution in [3.8, 4) is 0 Å². The van der Waals surface area contributed by atoms with Crippen molar-refractivity contribution in [2.45, 2.75) is 26.8 Å². The van der Waals surface area contributed by atoms with E-state index < -0.39 is 0 Å². The van der Waals surface area contributed by atoms with Crippen LogP contribution in [0.2, 0.25) is 0 Å². The largest absolute Gasteiger partial charge is 0.358 e. The molecule has 0 aliphatic carbocycles. The number of rotatable bonds is 3. The zero-order valence-electron chi connectivity index (χ0n) is 14.4. The molecule has 0 aliphatic rings. The van der Waals surface area contributed by atoms with E-state index in [0.29, 0.717) is 11.4 Å². The van der Waals surface area contributed by atoms with Crippen LogP contribution in [0.5, 0.6) is 0 Å². The van der Waals surface area contributed by atoms with E-state index in [9.17, 15) is 4.79 Å². The van der Waals surface area contributed by atoms with Gasteiger partial charge in [-0.15, -0.1) is 10.2 Å². The Hall–Kier alpha value is -3.15. The Morgan fingerprint density at radius 2 is 2.04 bits per heavy atom. The van der Waals surface area contributed by atoms with Gasteiger partial charge >= 0.3 is 0 Å². The molecule has 6 nitrogen and oxygen atoms in total. The number of hydrogen-bond donors (Lipinski definition) is 2. The second kappa shape index (κ2) is 5.73. The Bertz CT molecular complexity index is 1090. The van der Waals surface area contributed by atoms with Crippen LogP contribution in [0.25, 0.3) is 16.6 Å². The number of amides is 1. The van der Waals surface area contributed by atoms with Crippen molar-refractivity contribution in [1.29, 1.82) is 0 Å². The van der Waals surface area contributed by atoms with Crippen LogP contribution in [0.4, 0.5) is 0 Å². The van der Waals surface area contributed by atoms with Gasteiger partial charge in [-0.3, -0.25) is 9.20 Å². The first-order valence-corrected chi connectivity index (χ1v) is 8.24. The van der Waals surface area contributed by atoms with E-state index in [2.05, 4.69) is 27.4 Å². The molecular formula is C19H19N5O. The monoisotopic (exact) mass is 333 g/mol. The molecule has 1 aromatic carbocycles. The number of hydrogen-bond acceptors (Lipinski definition) is 3. The summed E-state index contributed by atoms with van der Waals surface area (Å²) in [7, 11) is 0. The highest BCUT2D eigenvalue weighted by Gasteiger charge is 2.17. The number of H-pyrrole nitrogens is 1. The lowest BCUT2D eigenvalue weighted by atomic mass is 10.1. The van der Waals surface area contributed by atoms with Gasteiger partial charge in [-0.05, 0) is 56.7 Å². The SMILES string of the molecule is Cc1[nH]c2ccc(C(=O)N[C@H](C)c3nnc4ccccn34)cc2c1C. The Morgan fingerprint density at radius 3 is 2.88 bits per heavy atom. The molecule has 3 aromatic heterocycles. The van der Waals surface area contributed by atoms with Crippen LogP contribution in [-0.4, -0.2) is 25.5 Å². The molecule has 0 aliphatic heterocycles. The molecule has 25 heavy (non-hydrogen) atoms. The van der Waals surface area contributed by atoms with Crippen molar-refractivity contribution in [2.24, 2.45) is 0 Å². The minimum absolute atomic E-state index is 0.125. The van der Waals surface area contributed by atoms with E-state index in [-0.39, 0.29) is 11.9 Å². The smallest absolute Gasteiger partial charge is 0.251 e. The summed E-state index contributed by atoms with van der Waals surface area (Å²) in [6.07, 6.45) is 1.89. The summed E-state index contributed by atoms with van der Waals surface area (Å²) in [5.41, 5.74) is 4.73. The number of nitrogens with one attached hydrogen (secondary N) is 2. The molecule has 4 rings (SSSR count). The van der Waals surface area contributed by atoms with Crippen LogP contribution in [0.15, 0.2) is 42.6 Å². The topological polar surface area (TPSA) is 75.1 Å². The third-order valence-electron chi connectivity index (χ3n) is 4.65. The molecule has 0 saturated heterocycles. The molecule has 0 fully saturated rings. The summed E-state index contributed by atoms with van der Waals surface area (Å²) in [5.74, 6) is 0.582. The summed E-state index contributed by atoms with van der Waals surface area (Å²) in [5, 5.41) is 12.4. The van der Waals surface area contributed by atoms with Crippen LogP contribution in [0.3, 0.4) is 0 Å². The number of carbonyl (C=O) groups is 1. The van der Waals surface area contributed by atoms with Gasteiger partial charge in [0.05, 0.1) is 6.04 Å². The molecule has 1 amide bonds. The van der Waals surface area contributed by atoms with Crippen molar-refractivity contribution >= 4 is 22.5 Å². The van der Waals surface area contributed by atoms with Gasteiger partial charge in [0.25, 0.3) is 5.91 Å². The van der Waals surface area contributed by atoms with Gasteiger partial charge in [-0.1, -0.05) is 6.07 Å². The van der Waals surface area contributed by atoms with Gasteiger partial charge in [0.2, 0.25) is 0 Å². The van der Waals surface area contributed by atoms with E-state index in [1.54, 1.807) is 0 Å². The molecular weight excluding hydrogens is 314 g/mol. The number of benzene rings is 1. The van der Waals surface area contributed by atoms with Gasteiger partial charge in [0, 0.05) is 28.4 Å². The maximum Gasteiger partial charge on any atom is 0.251 e. The first kappa shape index (κ1) is 15.4. The van der Waals surface area contributed by atoms with E-state index in [0.717, 1.165) is 22.2 Å². The number of nitrogens with zero attached hydrogens (tertiary/aromatic N) is 3. The van der Waals surface area contributed by atoms with Crippen LogP contribution >= 0.6 is 0 Å². The number of carbonyl (C=O) groups excluding carboxylic acids is 1. The lowest BCUT2D eigenvalue weighted by Crippen LogP contribution is -2.28. The summed E-state index contributed by atoms with van der Waals surface area (Å²) >= 11 is 0. The highest BCUT2D eigenvalue weighted by Crippen LogP contribution is 2.23. The van der Waals surface area contributed by atoms with Crippen LogP contribution in [0.1, 0.15) is 40.4 Å². The second-order valence-corrected chi connectivity index (χ2v) is 6.32. The van der Waals surface area contributed by atoms with Crippen molar-refractivity contribution in [3.05, 3.63) is 65.2 Å². The normalized spacial score (nSPS) is 12.6. The van der Waals surface area contributed by atoms with E-state index in [1.807, 2.05) is 60.8 Å². The van der Waals surface area contributed by atoms with Crippen molar-refractivity contribution in [3.63, 3.8) is 0 Å². The number of aromatic nitrogens is 4. The van der Waals surface area contributed by atoms with Crippen molar-refractivity contribution in [1.82, 2.24) is 24.9 Å². The fraction of sp³-hybridized carbons (Fsp3) is 0.211. The Kier molecular flexibility index (Phi) is 3.53. The lowest BCUT2D eigenvalue weighted by Gasteiger charge is -2.12. The standard InChI is InChI=1S/C19H19N5O/c1-11-12(2)20-16-8-7-14(10-15(11)16)19(25)21-13(3)18-23-22-17-6-4-5-9-24(17)18/h4-10,13,20H,1-3H3,(H,21,25)/t13-/m1/s1. The van der Waals surface area contributed by atoms with E-state index >= 15 is 0 Å². The quantitative estimate of drug-likeness (QED) is 0.604. The molecule has 126 valence electrons. The van der Waals surface area contributed by atoms with Crippen LogP contribution in [0, 0.1) is 13.8 Å². The van der Waals surface area contributed by atoms with Gasteiger partial charge < -0.3 is 10.3 Å². The minimum Gasteiger partial charge on any atom is -0.358 e. The first-order valence-electron chi connectivity index (χ1n) is 8.24. The highest BCUT2D eigenvalue weighted by molar-refractivity contribution is 5.99. The zero-order chi connectivity index (χ0) is 17.6. The lowest BCUT2D eigenvalue weighted by molar-refractivity contribution is 0.0938. The average molecular weight is 333 g/mol. The van der Waals surface area contributed by atoms with Crippen molar-refractivity contribution in [2.75, 3.05) is 0 Å². The second-order valence-electron chi connectivity index (χ2n) is 6.32. The molecule has 0 spiro atoms. The van der Waals surface area contributed by atoms with Gasteiger partial charge in [0.1, 0.15) is 0 Å². The Labute approximate surface area is 144 Å². The average Bonchev–Trinajstić information content (AvgIpc) is 3.16. The summed E-state index contributed by atoms with van der Waals surface area (Å²) in [6, 6.07) is 11.2. The molecule has 4 aromatic rings. The Balaban J connectivity index is 1.62. The molecule has 0 unspecified atom stereocenters. The van der Waals surface area contributed by atoms with E-state index in [1.165, 1.54) is 5.56 Å². The maximum atomic E-state index is 12.7. The number of pyridine rings is 1. The maximum absolute atomic E-state index is 12.7. The molecule has 0 radical (unpaired) electrons. The molecule has 1 atom stereocenters. The van der Waals surface area contributed by atoms with Gasteiger partial charge in [-0.25, -0.2) is 0 Å². The Morgan fingerprint density at radius 1 is 1.20 bits per heavy atom. The fourth-order valence-corrected chi connectivity index (χ4v) is 3.10. The van der Waals surface area contributed by atoms with Gasteiger partial charge in [-0.2, -0.15) is 0 Å². The third-order valence-corrected chi connectivity index (χ3v) is 4.65. The zero-order valence-corrected chi connectivity index (χ0v) is 14.4. The van der Waals surface area contributed by atoms with Crippen molar-refractivity contribution < 1.29 is 4.79 Å². The predicted molar refractivity (Wildman–Crippen MR) is 96.6 cm³/mol. The number of fused-ring (bicyclic) bond motifs is 2. The highest BCUT2D eigenvalue weighted by atomic mass is 16.1. The summed E-state index contributed by atoms with van der Waals surface area (Å²) in [6.45, 7) is 6.00. The number of aromatic amines is 1. The third kappa shape index (κ3) is 2.55. The summed E-state index contributed by atoms with van der Waals surface area (Å²) < 4.78 is 1.88. The van der Waals surface area contributed by atoms with Gasteiger partial charge in [0.15, 0.2) is 11.5 Å². The summed E-state index contributed by atoms with van der Waals surface area (Å²) in [4.78, 5) is 16.0. The van der Waals surface area contributed by atoms with E-state index in [4.69, 9.17) is 0 Å². The molecule has 3 heterocycles. The molecule has 0 saturated carbocycles. The fourth-order valence-electron chi connectivity index (χ4n) is 3.10. The minimum atomic E-state index is -0.255. The first-order chi connectivity index (χ1) is 12.0. The molecule has 2 N–H and O–H groups in total. The number of aryl methyl sites for hydroxylation is 2. The van der Waals surface area contributed by atoms with Crippen LogP contribution < -0.4 is 5.32 Å². The van der Waals surface area contributed by atoms with Crippen LogP contribution in [-0.2, 0) is 0 Å².